The van der Waals surface area contributed by atoms with E-state index in [1.165, 1.54) is 19.3 Å². The quantitative estimate of drug-likeness (QED) is 0.639. The Labute approximate surface area is 92.4 Å². The molecule has 0 saturated carbocycles. The van der Waals surface area contributed by atoms with Crippen LogP contribution in [0.4, 0.5) is 0 Å². The first kappa shape index (κ1) is 18.5. The summed E-state index contributed by atoms with van der Waals surface area (Å²) in [7, 11) is 0. The van der Waals surface area contributed by atoms with Crippen molar-refractivity contribution >= 4 is 36.2 Å². The van der Waals surface area contributed by atoms with Crippen LogP contribution in [0.25, 0.3) is 0 Å². The van der Waals surface area contributed by atoms with Gasteiger partial charge in [-0.3, -0.25) is 0 Å². The summed E-state index contributed by atoms with van der Waals surface area (Å²) in [6.07, 6.45) is 4.08. The maximum absolute atomic E-state index is 10.2. The van der Waals surface area contributed by atoms with Crippen molar-refractivity contribution in [3.63, 3.8) is 0 Å². The maximum Gasteiger partial charge on any atom is 0.358 e. The molecule has 1 nitrogen and oxygen atoms in total. The van der Waals surface area contributed by atoms with Gasteiger partial charge in [-0.2, -0.15) is 0 Å². The van der Waals surface area contributed by atoms with E-state index in [-0.39, 0.29) is 17.4 Å². The van der Waals surface area contributed by atoms with Crippen LogP contribution in [0.1, 0.15) is 40.0 Å². The van der Waals surface area contributed by atoms with Gasteiger partial charge in [-0.1, -0.05) is 44.7 Å². The van der Waals surface area contributed by atoms with Crippen molar-refractivity contribution < 1.29 is 4.79 Å². The van der Waals surface area contributed by atoms with Crippen LogP contribution in [0, 0.1) is 0 Å². The third kappa shape index (κ3) is 22.4. The molecule has 3 heteroatoms. The fraction of sp³-hybridized carbons (Fsp3) is 0.889. The van der Waals surface area contributed by atoms with Crippen LogP contribution in [0.2, 0.25) is 11.6 Å². The lowest BCUT2D eigenvalue weighted by Gasteiger charge is -1.82. The predicted octanol–water partition coefficient (Wildman–Crippen LogP) is 1.88. The first-order chi connectivity index (χ1) is 5.06. The van der Waals surface area contributed by atoms with Crippen molar-refractivity contribution in [3.8, 4) is 0 Å². The minimum absolute atomic E-state index is 0. The van der Waals surface area contributed by atoms with Crippen molar-refractivity contribution in [2.45, 2.75) is 51.6 Å². The molecule has 0 aromatic heterocycles. The topological polar surface area (TPSA) is 17.1 Å². The van der Waals surface area contributed by atoms with E-state index < -0.39 is 14.1 Å². The number of rotatable bonds is 3. The molecule has 0 N–H and O–H groups in total. The van der Waals surface area contributed by atoms with Crippen molar-refractivity contribution in [2.24, 2.45) is 0 Å². The molecular formula is C9H24Al2O. The Hall–Kier alpha value is 0.735. The second kappa shape index (κ2) is 14.3. The molecule has 0 aliphatic heterocycles. The van der Waals surface area contributed by atoms with Crippen LogP contribution in [0.15, 0.2) is 0 Å². The van der Waals surface area contributed by atoms with Crippen molar-refractivity contribution in [2.75, 3.05) is 0 Å². The van der Waals surface area contributed by atoms with E-state index in [1.807, 2.05) is 11.6 Å². The molecule has 0 aliphatic carbocycles. The van der Waals surface area contributed by atoms with E-state index in [2.05, 4.69) is 13.8 Å². The van der Waals surface area contributed by atoms with Gasteiger partial charge in [0.05, 0.1) is 0 Å². The van der Waals surface area contributed by atoms with Gasteiger partial charge in [0.25, 0.3) is 0 Å². The molecule has 0 radical (unpaired) electrons. The summed E-state index contributed by atoms with van der Waals surface area (Å²) in [6, 6.07) is 0. The summed E-state index contributed by atoms with van der Waals surface area (Å²) in [5, 5.41) is 0. The average molecular weight is 202 g/mol. The Morgan fingerprint density at radius 2 is 1.42 bits per heavy atom. The molecule has 0 rings (SSSR count). The molecule has 12 heavy (non-hydrogen) atoms. The zero-order valence-corrected chi connectivity index (χ0v) is 9.76. The molecule has 0 saturated heterocycles. The SMILES string of the molecule is CCCCC.C[C](=O)[Al]([CH3])[CH3].[AlH3]. The standard InChI is InChI=1S/C5H12.C2H3O.2CH3.2Al.3H/c1-3-5-4-2;1-2-3;;;;;;;/h3-5H2,1-2H3;1H3;2*1H3;;;;;. The first-order valence-corrected chi connectivity index (χ1v) is 7.45. The summed E-state index contributed by atoms with van der Waals surface area (Å²) in [4.78, 5) is 10.2. The Bertz CT molecular complexity index is 90.5. The lowest BCUT2D eigenvalue weighted by Crippen LogP contribution is -2.11. The Kier molecular flexibility index (Phi) is 22.0. The molecular weight excluding hydrogens is 178 g/mol. The Morgan fingerprint density at radius 1 is 1.17 bits per heavy atom. The van der Waals surface area contributed by atoms with Gasteiger partial charge < -0.3 is 4.79 Å². The van der Waals surface area contributed by atoms with Crippen LogP contribution in [0.3, 0.4) is 0 Å². The van der Waals surface area contributed by atoms with E-state index >= 15 is 0 Å². The molecule has 0 aromatic rings. The molecule has 72 valence electrons. The van der Waals surface area contributed by atoms with E-state index in [1.54, 1.807) is 6.92 Å². The normalized spacial score (nSPS) is 7.42. The zero-order valence-electron chi connectivity index (χ0n) is 8.61. The third-order valence-corrected chi connectivity index (χ3v) is 3.15. The summed E-state index contributed by atoms with van der Waals surface area (Å²) >= 11 is -0.883. The first-order valence-electron chi connectivity index (χ1n) is 4.56. The molecule has 0 unspecified atom stereocenters. The van der Waals surface area contributed by atoms with Gasteiger partial charge in [0.15, 0.2) is 17.4 Å². The minimum atomic E-state index is -0.883. The van der Waals surface area contributed by atoms with Crippen molar-refractivity contribution in [1.82, 2.24) is 0 Å². The average Bonchev–Trinajstić information content (AvgIpc) is 1.90. The summed E-state index contributed by atoms with van der Waals surface area (Å²) < 4.78 is 0.398. The molecule has 0 aromatic carbocycles. The number of hydrogen-bond acceptors (Lipinski definition) is 1. The van der Waals surface area contributed by atoms with Gasteiger partial charge in [-0.05, 0) is 6.92 Å². The lowest BCUT2D eigenvalue weighted by atomic mass is 10.3. The number of hydrogen-bond donors (Lipinski definition) is 0. The largest absolute Gasteiger partial charge is 0.358 e. The van der Waals surface area contributed by atoms with E-state index in [9.17, 15) is 4.79 Å². The molecule has 0 heterocycles. The van der Waals surface area contributed by atoms with Gasteiger partial charge in [-0.25, -0.2) is 0 Å². The van der Waals surface area contributed by atoms with Crippen molar-refractivity contribution in [1.29, 1.82) is 0 Å². The molecule has 0 amide bonds. The van der Waals surface area contributed by atoms with Crippen LogP contribution in [0.5, 0.6) is 0 Å². The Balaban J connectivity index is -0.000000126. The van der Waals surface area contributed by atoms with Crippen LogP contribution >= 0.6 is 0 Å². The van der Waals surface area contributed by atoms with Crippen LogP contribution in [-0.4, -0.2) is 36.2 Å². The molecule has 0 bridgehead atoms. The summed E-state index contributed by atoms with van der Waals surface area (Å²) in [6.45, 7) is 6.09. The predicted molar refractivity (Wildman–Crippen MR) is 63.3 cm³/mol. The molecule has 0 spiro atoms. The summed E-state index contributed by atoms with van der Waals surface area (Å²) in [5.41, 5.74) is 0. The van der Waals surface area contributed by atoms with Gasteiger partial charge in [0, 0.05) is 4.65 Å². The summed E-state index contributed by atoms with van der Waals surface area (Å²) in [5.74, 6) is 4.06. The monoisotopic (exact) mass is 202 g/mol. The smallest absolute Gasteiger partial charge is 0.321 e. The molecule has 0 fully saturated rings. The fourth-order valence-electron chi connectivity index (χ4n) is 0.354. The lowest BCUT2D eigenvalue weighted by molar-refractivity contribution is -0.110. The van der Waals surface area contributed by atoms with Crippen molar-refractivity contribution in [3.05, 3.63) is 0 Å². The number of unbranched alkanes of at least 4 members (excludes halogenated alkanes) is 2. The van der Waals surface area contributed by atoms with E-state index in [0.29, 0.717) is 4.65 Å². The van der Waals surface area contributed by atoms with Gasteiger partial charge in [0.2, 0.25) is 0 Å². The second-order valence-corrected chi connectivity index (χ2v) is 6.24. The second-order valence-electron chi connectivity index (χ2n) is 3.12. The minimum Gasteiger partial charge on any atom is -0.321 e. The Morgan fingerprint density at radius 3 is 1.42 bits per heavy atom. The molecule has 0 aliphatic rings. The van der Waals surface area contributed by atoms with Gasteiger partial charge in [-0.15, -0.1) is 0 Å². The fourth-order valence-corrected chi connectivity index (χ4v) is 0.354. The highest BCUT2D eigenvalue weighted by Gasteiger charge is 2.05. The highest BCUT2D eigenvalue weighted by Crippen LogP contribution is 1.88. The van der Waals surface area contributed by atoms with Crippen LogP contribution < -0.4 is 0 Å². The highest BCUT2D eigenvalue weighted by molar-refractivity contribution is 6.87. The maximum atomic E-state index is 10.2. The van der Waals surface area contributed by atoms with Crippen LogP contribution in [-0.2, 0) is 4.79 Å². The van der Waals surface area contributed by atoms with Gasteiger partial charge >= 0.3 is 14.1 Å². The number of carbonyl (C=O) groups is 1. The zero-order chi connectivity index (χ0) is 9.28. The third-order valence-electron chi connectivity index (χ3n) is 1.52. The van der Waals surface area contributed by atoms with E-state index in [4.69, 9.17) is 0 Å². The van der Waals surface area contributed by atoms with Gasteiger partial charge in [0.1, 0.15) is 0 Å². The van der Waals surface area contributed by atoms with E-state index in [0.717, 1.165) is 0 Å². The molecule has 0 atom stereocenters. The highest BCUT2D eigenvalue weighted by atomic mass is 27.2. The number of carbonyl (C=O) groups excluding carboxylic acids is 1.